The Morgan fingerprint density at radius 2 is 1.97 bits per heavy atom. The van der Waals surface area contributed by atoms with Crippen molar-refractivity contribution in [3.05, 3.63) is 59.8 Å². The summed E-state index contributed by atoms with van der Waals surface area (Å²) < 4.78 is 10.8. The molecule has 1 saturated heterocycles. The predicted molar refractivity (Wildman–Crippen MR) is 132 cm³/mol. The fourth-order valence-electron chi connectivity index (χ4n) is 3.93. The van der Waals surface area contributed by atoms with Crippen LogP contribution in [-0.4, -0.2) is 67.1 Å². The van der Waals surface area contributed by atoms with Gasteiger partial charge in [0.15, 0.2) is 0 Å². The highest BCUT2D eigenvalue weighted by Gasteiger charge is 2.32. The number of methoxy groups -OCH3 is 1. The molecule has 2 heterocycles. The monoisotopic (exact) mass is 482 g/mol. The molecular weight excluding hydrogens is 448 g/mol. The molecule has 2 N–H and O–H groups in total. The second-order valence-electron chi connectivity index (χ2n) is 8.54. The fraction of sp³-hybridized carbons (Fsp3) is 0.462. The maximum Gasteiger partial charge on any atom is 0.247 e. The number of aryl methyl sites for hydroxylation is 1. The van der Waals surface area contributed by atoms with Gasteiger partial charge in [-0.05, 0) is 37.5 Å². The molecule has 2 aromatic rings. The zero-order chi connectivity index (χ0) is 25.0. The summed E-state index contributed by atoms with van der Waals surface area (Å²) in [6, 6.07) is 11.9. The summed E-state index contributed by atoms with van der Waals surface area (Å²) in [5.74, 6) is -0.492. The lowest BCUT2D eigenvalue weighted by Gasteiger charge is -2.31. The van der Waals surface area contributed by atoms with Crippen LogP contribution >= 0.6 is 0 Å². The molecule has 2 unspecified atom stereocenters. The maximum absolute atomic E-state index is 13.4. The van der Waals surface area contributed by atoms with Crippen LogP contribution in [-0.2, 0) is 23.9 Å². The molecule has 0 bridgehead atoms. The van der Waals surface area contributed by atoms with Crippen LogP contribution in [0.25, 0.3) is 0 Å². The van der Waals surface area contributed by atoms with Crippen molar-refractivity contribution in [2.45, 2.75) is 44.8 Å². The Balaban J connectivity index is 1.73. The van der Waals surface area contributed by atoms with Gasteiger partial charge in [0.05, 0.1) is 12.7 Å². The molecule has 9 nitrogen and oxygen atoms in total. The van der Waals surface area contributed by atoms with Crippen molar-refractivity contribution in [3.63, 3.8) is 0 Å². The van der Waals surface area contributed by atoms with Crippen molar-refractivity contribution in [2.24, 2.45) is 0 Å². The van der Waals surface area contributed by atoms with Crippen molar-refractivity contribution >= 4 is 23.5 Å². The van der Waals surface area contributed by atoms with Crippen LogP contribution in [0.3, 0.4) is 0 Å². The van der Waals surface area contributed by atoms with Crippen LogP contribution in [0.15, 0.2) is 48.7 Å². The van der Waals surface area contributed by atoms with E-state index >= 15 is 0 Å². The van der Waals surface area contributed by atoms with E-state index in [-0.39, 0.29) is 49.8 Å². The largest absolute Gasteiger partial charge is 0.383 e. The van der Waals surface area contributed by atoms with Gasteiger partial charge in [0, 0.05) is 45.8 Å². The third kappa shape index (κ3) is 8.15. The van der Waals surface area contributed by atoms with Crippen LogP contribution in [0.5, 0.6) is 0 Å². The van der Waals surface area contributed by atoms with E-state index in [2.05, 4.69) is 15.6 Å². The Labute approximate surface area is 206 Å². The highest BCUT2D eigenvalue weighted by Crippen LogP contribution is 2.24. The van der Waals surface area contributed by atoms with Gasteiger partial charge in [0.25, 0.3) is 0 Å². The molecule has 188 valence electrons. The lowest BCUT2D eigenvalue weighted by atomic mass is 10.0. The van der Waals surface area contributed by atoms with Gasteiger partial charge in [0.2, 0.25) is 17.7 Å². The lowest BCUT2D eigenvalue weighted by Crippen LogP contribution is -2.46. The molecule has 0 saturated carbocycles. The van der Waals surface area contributed by atoms with Crippen LogP contribution in [0, 0.1) is 6.92 Å². The zero-order valence-electron chi connectivity index (χ0n) is 20.4. The minimum absolute atomic E-state index is 0.0176. The second kappa shape index (κ2) is 13.6. The predicted octanol–water partition coefficient (Wildman–Crippen LogP) is 2.62. The number of carbonyl (C=O) groups excluding carboxylic acids is 3. The van der Waals surface area contributed by atoms with E-state index < -0.39 is 6.04 Å². The van der Waals surface area contributed by atoms with E-state index in [1.54, 1.807) is 31.5 Å². The molecule has 2 atom stereocenters. The average Bonchev–Trinajstić information content (AvgIpc) is 3.39. The first-order valence-corrected chi connectivity index (χ1v) is 11.9. The Bertz CT molecular complexity index is 961. The van der Waals surface area contributed by atoms with Gasteiger partial charge < -0.3 is 25.0 Å². The molecule has 0 spiro atoms. The van der Waals surface area contributed by atoms with E-state index in [9.17, 15) is 14.4 Å². The van der Waals surface area contributed by atoms with Crippen LogP contribution in [0.2, 0.25) is 0 Å². The average molecular weight is 483 g/mol. The van der Waals surface area contributed by atoms with E-state index in [4.69, 9.17) is 9.47 Å². The van der Waals surface area contributed by atoms with E-state index in [0.717, 1.165) is 18.4 Å². The van der Waals surface area contributed by atoms with E-state index in [0.29, 0.717) is 24.5 Å². The number of hydrogen-bond donors (Lipinski definition) is 2. The van der Waals surface area contributed by atoms with Crippen LogP contribution in [0.4, 0.5) is 5.82 Å². The Kier molecular flexibility index (Phi) is 10.2. The maximum atomic E-state index is 13.4. The summed E-state index contributed by atoms with van der Waals surface area (Å²) in [6.45, 7) is 3.52. The molecule has 3 amide bonds. The number of aromatic nitrogens is 1. The van der Waals surface area contributed by atoms with Gasteiger partial charge in [-0.25, -0.2) is 4.98 Å². The summed E-state index contributed by atoms with van der Waals surface area (Å²) >= 11 is 0. The van der Waals surface area contributed by atoms with Crippen LogP contribution in [0.1, 0.15) is 42.9 Å². The number of benzene rings is 1. The fourth-order valence-corrected chi connectivity index (χ4v) is 3.93. The van der Waals surface area contributed by atoms with Gasteiger partial charge in [-0.15, -0.1) is 0 Å². The third-order valence-corrected chi connectivity index (χ3v) is 5.84. The van der Waals surface area contributed by atoms with Crippen molar-refractivity contribution in [3.8, 4) is 0 Å². The Morgan fingerprint density at radius 3 is 2.63 bits per heavy atom. The highest BCUT2D eigenvalue weighted by molar-refractivity contribution is 5.94. The topological polar surface area (TPSA) is 110 Å². The summed E-state index contributed by atoms with van der Waals surface area (Å²) in [5, 5.41) is 5.64. The molecule has 3 rings (SSSR count). The first-order chi connectivity index (χ1) is 17.0. The van der Waals surface area contributed by atoms with Crippen molar-refractivity contribution < 1.29 is 23.9 Å². The van der Waals surface area contributed by atoms with E-state index in [1.165, 1.54) is 4.90 Å². The second-order valence-corrected chi connectivity index (χ2v) is 8.54. The number of anilines is 1. The number of ether oxygens (including phenoxy) is 2. The standard InChI is InChI=1S/C26H34N4O5/c1-19-8-10-20(11-9-19)25(26(33)28-18-21-6-5-16-35-21)30(15-17-34-2)24(32)13-12-23(31)29-22-7-3-4-14-27-22/h3-4,7-11,14,21,25H,5-6,12-13,15-18H2,1-2H3,(H,28,33)(H,27,29,31). The quantitative estimate of drug-likeness (QED) is 0.481. The molecule has 1 aliphatic rings. The van der Waals surface area contributed by atoms with Gasteiger partial charge in [-0.1, -0.05) is 35.9 Å². The third-order valence-electron chi connectivity index (χ3n) is 5.84. The number of carbonyl (C=O) groups is 3. The lowest BCUT2D eigenvalue weighted by molar-refractivity contribution is -0.142. The first-order valence-electron chi connectivity index (χ1n) is 11.9. The van der Waals surface area contributed by atoms with Crippen LogP contribution < -0.4 is 10.6 Å². The highest BCUT2D eigenvalue weighted by atomic mass is 16.5. The molecule has 9 heteroatoms. The summed E-state index contributed by atoms with van der Waals surface area (Å²) in [7, 11) is 1.54. The normalized spacial score (nSPS) is 15.9. The molecule has 35 heavy (non-hydrogen) atoms. The molecule has 1 aromatic heterocycles. The van der Waals surface area contributed by atoms with Gasteiger partial charge >= 0.3 is 0 Å². The summed E-state index contributed by atoms with van der Waals surface area (Å²) in [5.41, 5.74) is 1.75. The molecular formula is C26H34N4O5. The summed E-state index contributed by atoms with van der Waals surface area (Å²) in [4.78, 5) is 44.6. The summed E-state index contributed by atoms with van der Waals surface area (Å²) in [6.07, 6.45) is 3.35. The number of amides is 3. The van der Waals surface area contributed by atoms with Gasteiger partial charge in [0.1, 0.15) is 11.9 Å². The number of nitrogens with zero attached hydrogens (tertiary/aromatic N) is 2. The molecule has 0 radical (unpaired) electrons. The minimum atomic E-state index is -0.849. The first kappa shape index (κ1) is 26.3. The number of hydrogen-bond acceptors (Lipinski definition) is 6. The van der Waals surface area contributed by atoms with Crippen molar-refractivity contribution in [2.75, 3.05) is 38.7 Å². The van der Waals surface area contributed by atoms with Gasteiger partial charge in [-0.2, -0.15) is 0 Å². The Morgan fingerprint density at radius 1 is 1.17 bits per heavy atom. The van der Waals surface area contributed by atoms with Crippen molar-refractivity contribution in [1.82, 2.24) is 15.2 Å². The molecule has 1 aromatic carbocycles. The molecule has 1 fully saturated rings. The number of pyridine rings is 1. The van der Waals surface area contributed by atoms with E-state index in [1.807, 2.05) is 31.2 Å². The zero-order valence-corrected chi connectivity index (χ0v) is 20.4. The minimum Gasteiger partial charge on any atom is -0.383 e. The molecule has 1 aliphatic heterocycles. The van der Waals surface area contributed by atoms with Gasteiger partial charge in [-0.3, -0.25) is 14.4 Å². The number of rotatable bonds is 12. The SMILES string of the molecule is COCCN(C(=O)CCC(=O)Nc1ccccn1)C(C(=O)NCC1CCCO1)c1ccc(C)cc1. The molecule has 0 aliphatic carbocycles. The smallest absolute Gasteiger partial charge is 0.247 e. The Hall–Kier alpha value is -3.30. The van der Waals surface area contributed by atoms with Crippen molar-refractivity contribution in [1.29, 1.82) is 0 Å². The number of nitrogens with one attached hydrogen (secondary N) is 2.